The lowest BCUT2D eigenvalue weighted by Gasteiger charge is -2.40. The van der Waals surface area contributed by atoms with Crippen molar-refractivity contribution >= 4 is 0 Å². The fourth-order valence-electron chi connectivity index (χ4n) is 2.27. The SMILES string of the molecule is C=C(OC)C1CC2COCC(C1)N2. The van der Waals surface area contributed by atoms with Crippen molar-refractivity contribution in [2.24, 2.45) is 5.92 Å². The third kappa shape index (κ3) is 1.86. The van der Waals surface area contributed by atoms with Gasteiger partial charge in [-0.25, -0.2) is 0 Å². The van der Waals surface area contributed by atoms with E-state index in [0.717, 1.165) is 31.8 Å². The molecule has 2 bridgehead atoms. The lowest BCUT2D eigenvalue weighted by molar-refractivity contribution is 0.00620. The molecule has 0 saturated carbocycles. The summed E-state index contributed by atoms with van der Waals surface area (Å²) in [6.07, 6.45) is 2.20. The lowest BCUT2D eigenvalue weighted by atomic mass is 9.86. The van der Waals surface area contributed by atoms with Crippen LogP contribution in [0.2, 0.25) is 0 Å². The minimum Gasteiger partial charge on any atom is -0.501 e. The van der Waals surface area contributed by atoms with Crippen molar-refractivity contribution < 1.29 is 9.47 Å². The summed E-state index contributed by atoms with van der Waals surface area (Å²) in [6, 6.07) is 1.01. The molecule has 2 aliphatic heterocycles. The zero-order chi connectivity index (χ0) is 9.26. The Morgan fingerprint density at radius 2 is 2.00 bits per heavy atom. The van der Waals surface area contributed by atoms with Crippen molar-refractivity contribution in [2.45, 2.75) is 24.9 Å². The second kappa shape index (κ2) is 3.68. The van der Waals surface area contributed by atoms with E-state index < -0.39 is 0 Å². The van der Waals surface area contributed by atoms with Gasteiger partial charge in [-0.3, -0.25) is 0 Å². The predicted octanol–water partition coefficient (Wildman–Crippen LogP) is 0.913. The molecule has 1 N–H and O–H groups in total. The van der Waals surface area contributed by atoms with E-state index in [-0.39, 0.29) is 0 Å². The van der Waals surface area contributed by atoms with Crippen molar-refractivity contribution in [1.29, 1.82) is 0 Å². The average Bonchev–Trinajstić information content (AvgIpc) is 2.16. The highest BCUT2D eigenvalue weighted by atomic mass is 16.5. The highest BCUT2D eigenvalue weighted by molar-refractivity contribution is 5.00. The van der Waals surface area contributed by atoms with E-state index in [1.807, 2.05) is 0 Å². The summed E-state index contributed by atoms with van der Waals surface area (Å²) < 4.78 is 10.7. The van der Waals surface area contributed by atoms with Gasteiger partial charge in [-0.05, 0) is 12.8 Å². The van der Waals surface area contributed by atoms with Crippen LogP contribution in [-0.2, 0) is 9.47 Å². The number of ether oxygens (including phenoxy) is 2. The third-order valence-electron chi connectivity index (χ3n) is 2.97. The highest BCUT2D eigenvalue weighted by Crippen LogP contribution is 2.28. The quantitative estimate of drug-likeness (QED) is 0.646. The number of hydrogen-bond donors (Lipinski definition) is 1. The molecule has 3 nitrogen and oxygen atoms in total. The smallest absolute Gasteiger partial charge is 0.0915 e. The molecule has 0 amide bonds. The van der Waals surface area contributed by atoms with Crippen LogP contribution in [0.3, 0.4) is 0 Å². The van der Waals surface area contributed by atoms with E-state index in [1.54, 1.807) is 7.11 Å². The van der Waals surface area contributed by atoms with Crippen molar-refractivity contribution in [2.75, 3.05) is 20.3 Å². The molecule has 2 saturated heterocycles. The Kier molecular flexibility index (Phi) is 2.56. The Labute approximate surface area is 79.1 Å². The number of piperidine rings is 1. The van der Waals surface area contributed by atoms with E-state index in [0.29, 0.717) is 18.0 Å². The molecule has 2 heterocycles. The summed E-state index contributed by atoms with van der Waals surface area (Å²) in [5.41, 5.74) is 0. The Morgan fingerprint density at radius 1 is 1.38 bits per heavy atom. The molecule has 2 atom stereocenters. The van der Waals surface area contributed by atoms with Gasteiger partial charge in [0.2, 0.25) is 0 Å². The molecular formula is C10H17NO2. The van der Waals surface area contributed by atoms with Crippen LogP contribution in [0.5, 0.6) is 0 Å². The molecule has 3 heteroatoms. The number of fused-ring (bicyclic) bond motifs is 2. The van der Waals surface area contributed by atoms with Crippen LogP contribution in [0.1, 0.15) is 12.8 Å². The van der Waals surface area contributed by atoms with Crippen molar-refractivity contribution in [3.63, 3.8) is 0 Å². The highest BCUT2D eigenvalue weighted by Gasteiger charge is 2.33. The number of allylic oxidation sites excluding steroid dienone is 1. The van der Waals surface area contributed by atoms with E-state index in [9.17, 15) is 0 Å². The van der Waals surface area contributed by atoms with Gasteiger partial charge < -0.3 is 14.8 Å². The molecule has 0 radical (unpaired) electrons. The molecule has 0 spiro atoms. The summed E-state index contributed by atoms with van der Waals surface area (Å²) in [7, 11) is 1.71. The summed E-state index contributed by atoms with van der Waals surface area (Å²) in [5, 5.41) is 3.54. The van der Waals surface area contributed by atoms with Gasteiger partial charge in [0.05, 0.1) is 26.1 Å². The fraction of sp³-hybridized carbons (Fsp3) is 0.800. The first-order valence-electron chi connectivity index (χ1n) is 4.86. The van der Waals surface area contributed by atoms with Gasteiger partial charge in [0.1, 0.15) is 0 Å². The summed E-state index contributed by atoms with van der Waals surface area (Å²) >= 11 is 0. The number of rotatable bonds is 2. The normalized spacial score (nSPS) is 38.4. The van der Waals surface area contributed by atoms with Gasteiger partial charge in [0.25, 0.3) is 0 Å². The lowest BCUT2D eigenvalue weighted by Crippen LogP contribution is -2.54. The van der Waals surface area contributed by atoms with Crippen LogP contribution < -0.4 is 5.32 Å². The van der Waals surface area contributed by atoms with E-state index in [1.165, 1.54) is 0 Å². The Bertz CT molecular complexity index is 193. The maximum atomic E-state index is 5.47. The van der Waals surface area contributed by atoms with E-state index >= 15 is 0 Å². The molecular weight excluding hydrogens is 166 g/mol. The first kappa shape index (κ1) is 9.03. The molecule has 0 aliphatic carbocycles. The number of morpholine rings is 1. The van der Waals surface area contributed by atoms with Gasteiger partial charge in [-0.15, -0.1) is 0 Å². The zero-order valence-corrected chi connectivity index (χ0v) is 8.08. The largest absolute Gasteiger partial charge is 0.501 e. The van der Waals surface area contributed by atoms with Crippen LogP contribution in [0.4, 0.5) is 0 Å². The first-order valence-corrected chi connectivity index (χ1v) is 4.86. The average molecular weight is 183 g/mol. The van der Waals surface area contributed by atoms with E-state index in [2.05, 4.69) is 11.9 Å². The summed E-state index contributed by atoms with van der Waals surface area (Å²) in [4.78, 5) is 0. The monoisotopic (exact) mass is 183 g/mol. The van der Waals surface area contributed by atoms with Gasteiger partial charge in [0, 0.05) is 18.0 Å². The Hall–Kier alpha value is -0.540. The van der Waals surface area contributed by atoms with Crippen LogP contribution >= 0.6 is 0 Å². The predicted molar refractivity (Wildman–Crippen MR) is 50.4 cm³/mol. The molecule has 2 aliphatic rings. The Balaban J connectivity index is 1.97. The maximum Gasteiger partial charge on any atom is 0.0915 e. The maximum absolute atomic E-state index is 5.47. The number of nitrogens with one attached hydrogen (secondary N) is 1. The summed E-state index contributed by atoms with van der Waals surface area (Å²) in [6.45, 7) is 5.61. The fourth-order valence-corrected chi connectivity index (χ4v) is 2.27. The molecule has 74 valence electrons. The van der Waals surface area contributed by atoms with Gasteiger partial charge >= 0.3 is 0 Å². The van der Waals surface area contributed by atoms with E-state index in [4.69, 9.17) is 9.47 Å². The van der Waals surface area contributed by atoms with Crippen LogP contribution in [-0.4, -0.2) is 32.4 Å². The standard InChI is InChI=1S/C10H17NO2/c1-7(12-2)8-3-9-5-13-6-10(4-8)11-9/h8-11H,1,3-6H2,2H3. The van der Waals surface area contributed by atoms with Crippen molar-refractivity contribution in [3.05, 3.63) is 12.3 Å². The molecule has 2 rings (SSSR count). The zero-order valence-electron chi connectivity index (χ0n) is 8.08. The van der Waals surface area contributed by atoms with Crippen molar-refractivity contribution in [1.82, 2.24) is 5.32 Å². The molecule has 13 heavy (non-hydrogen) atoms. The molecule has 0 aromatic heterocycles. The van der Waals surface area contributed by atoms with Crippen LogP contribution in [0, 0.1) is 5.92 Å². The second-order valence-corrected chi connectivity index (χ2v) is 3.94. The molecule has 2 fully saturated rings. The van der Waals surface area contributed by atoms with Crippen LogP contribution in [0.25, 0.3) is 0 Å². The molecule has 0 aromatic rings. The van der Waals surface area contributed by atoms with Gasteiger partial charge in [-0.1, -0.05) is 6.58 Å². The molecule has 0 aromatic carbocycles. The molecule has 2 unspecified atom stereocenters. The minimum absolute atomic E-state index is 0.504. The van der Waals surface area contributed by atoms with Gasteiger partial charge in [-0.2, -0.15) is 0 Å². The topological polar surface area (TPSA) is 30.5 Å². The second-order valence-electron chi connectivity index (χ2n) is 3.94. The number of methoxy groups -OCH3 is 1. The minimum atomic E-state index is 0.504. The number of hydrogen-bond acceptors (Lipinski definition) is 3. The third-order valence-corrected chi connectivity index (χ3v) is 2.97. The van der Waals surface area contributed by atoms with Gasteiger partial charge in [0.15, 0.2) is 0 Å². The van der Waals surface area contributed by atoms with Crippen molar-refractivity contribution in [3.8, 4) is 0 Å². The first-order chi connectivity index (χ1) is 6.29. The summed E-state index contributed by atoms with van der Waals surface area (Å²) in [5.74, 6) is 1.45. The van der Waals surface area contributed by atoms with Crippen LogP contribution in [0.15, 0.2) is 12.3 Å². The Morgan fingerprint density at radius 3 is 2.54 bits per heavy atom.